The van der Waals surface area contributed by atoms with Crippen LogP contribution in [0.4, 0.5) is 17.1 Å². The van der Waals surface area contributed by atoms with Crippen molar-refractivity contribution in [1.29, 1.82) is 0 Å². The largest absolute Gasteiger partial charge is 0.495 e. The van der Waals surface area contributed by atoms with Crippen LogP contribution in [0.1, 0.15) is 44.6 Å². The van der Waals surface area contributed by atoms with E-state index >= 15 is 0 Å². The second kappa shape index (κ2) is 9.02. The molecule has 7 heteroatoms. The van der Waals surface area contributed by atoms with E-state index in [4.69, 9.17) is 4.74 Å². The lowest BCUT2D eigenvalue weighted by Gasteiger charge is -2.21. The van der Waals surface area contributed by atoms with Gasteiger partial charge in [-0.1, -0.05) is 26.0 Å². The number of methoxy groups -OCH3 is 1. The predicted molar refractivity (Wildman–Crippen MR) is 124 cm³/mol. The molecule has 0 spiro atoms. The number of carbonyl (C=O) groups excluding carboxylic acids is 3. The predicted octanol–water partition coefficient (Wildman–Crippen LogP) is 3.94. The van der Waals surface area contributed by atoms with Gasteiger partial charge in [-0.2, -0.15) is 0 Å². The maximum Gasteiger partial charge on any atom is 0.229 e. The third-order valence-corrected chi connectivity index (χ3v) is 6.15. The summed E-state index contributed by atoms with van der Waals surface area (Å²) in [4.78, 5) is 41.2. The monoisotopic (exact) mass is 435 g/mol. The number of nitrogens with one attached hydrogen (secondary N) is 1. The lowest BCUT2D eigenvalue weighted by molar-refractivity contribution is -0.122. The van der Waals surface area contributed by atoms with E-state index in [1.54, 1.807) is 35.1 Å². The van der Waals surface area contributed by atoms with Crippen LogP contribution in [0.5, 0.6) is 5.75 Å². The number of rotatable bonds is 6. The molecule has 2 aromatic carbocycles. The van der Waals surface area contributed by atoms with Crippen molar-refractivity contribution >= 4 is 34.8 Å². The van der Waals surface area contributed by atoms with Gasteiger partial charge in [0.2, 0.25) is 17.7 Å². The van der Waals surface area contributed by atoms with Gasteiger partial charge in [-0.05, 0) is 48.2 Å². The van der Waals surface area contributed by atoms with Gasteiger partial charge >= 0.3 is 0 Å². The molecular weight excluding hydrogens is 406 g/mol. The van der Waals surface area contributed by atoms with E-state index in [9.17, 15) is 14.4 Å². The zero-order valence-electron chi connectivity index (χ0n) is 18.8. The highest BCUT2D eigenvalue weighted by molar-refractivity contribution is 6.04. The van der Waals surface area contributed by atoms with Gasteiger partial charge in [0, 0.05) is 37.3 Å². The molecule has 1 N–H and O–H groups in total. The molecule has 32 heavy (non-hydrogen) atoms. The number of anilines is 3. The molecule has 2 aliphatic rings. The van der Waals surface area contributed by atoms with E-state index < -0.39 is 5.92 Å². The number of amides is 3. The summed E-state index contributed by atoms with van der Waals surface area (Å²) in [6.07, 6.45) is 1.49. The molecule has 2 aliphatic heterocycles. The summed E-state index contributed by atoms with van der Waals surface area (Å²) in [5.41, 5.74) is 3.22. The molecule has 1 atom stereocenters. The fraction of sp³-hybridized carbons (Fsp3) is 0.400. The summed E-state index contributed by atoms with van der Waals surface area (Å²) in [6.45, 7) is 5.20. The molecule has 2 heterocycles. The number of hydrogen-bond donors (Lipinski definition) is 1. The summed E-state index contributed by atoms with van der Waals surface area (Å²) in [6, 6.07) is 13.2. The molecule has 2 aromatic rings. The van der Waals surface area contributed by atoms with E-state index in [1.807, 2.05) is 24.3 Å². The van der Waals surface area contributed by atoms with Crippen LogP contribution in [0.15, 0.2) is 42.5 Å². The van der Waals surface area contributed by atoms with Crippen molar-refractivity contribution in [2.45, 2.75) is 39.0 Å². The van der Waals surface area contributed by atoms with E-state index in [2.05, 4.69) is 19.2 Å². The molecule has 0 aromatic heterocycles. The molecule has 3 amide bonds. The minimum atomic E-state index is -0.441. The molecule has 168 valence electrons. The van der Waals surface area contributed by atoms with Crippen LogP contribution >= 0.6 is 0 Å². The number of benzene rings is 2. The van der Waals surface area contributed by atoms with Crippen LogP contribution in [-0.4, -0.2) is 37.9 Å². The quantitative estimate of drug-likeness (QED) is 0.746. The molecule has 0 bridgehead atoms. The topological polar surface area (TPSA) is 79.0 Å². The maximum atomic E-state index is 13.0. The van der Waals surface area contributed by atoms with E-state index in [-0.39, 0.29) is 24.1 Å². The minimum absolute atomic E-state index is 0.0486. The SMILES string of the molecule is COc1ccc(NC(=O)C2CC(=O)N(c3cccc(C(C)C)c3)C2)cc1N1CCCC1=O. The Bertz CT molecular complexity index is 1050. The molecule has 2 saturated heterocycles. The number of ether oxygens (including phenoxy) is 1. The average Bonchev–Trinajstić information content (AvgIpc) is 3.39. The summed E-state index contributed by atoms with van der Waals surface area (Å²) < 4.78 is 5.41. The van der Waals surface area contributed by atoms with Gasteiger partial charge in [-0.3, -0.25) is 14.4 Å². The number of hydrogen-bond acceptors (Lipinski definition) is 4. The van der Waals surface area contributed by atoms with Gasteiger partial charge in [-0.25, -0.2) is 0 Å². The molecular formula is C25H29N3O4. The van der Waals surface area contributed by atoms with E-state index in [0.29, 0.717) is 42.6 Å². The lowest BCUT2D eigenvalue weighted by atomic mass is 10.0. The van der Waals surface area contributed by atoms with Gasteiger partial charge in [-0.15, -0.1) is 0 Å². The Morgan fingerprint density at radius 3 is 2.59 bits per heavy atom. The van der Waals surface area contributed by atoms with Crippen LogP contribution < -0.4 is 19.9 Å². The maximum absolute atomic E-state index is 13.0. The van der Waals surface area contributed by atoms with E-state index in [0.717, 1.165) is 17.7 Å². The standard InChI is InChI=1S/C25H29N3O4/c1-16(2)17-6-4-7-20(12-17)28-15-18(13-24(28)30)25(31)26-19-9-10-22(32-3)21(14-19)27-11-5-8-23(27)29/h4,6-7,9-10,12,14,16,18H,5,8,11,13,15H2,1-3H3,(H,26,31). The molecule has 0 saturated carbocycles. The average molecular weight is 436 g/mol. The number of nitrogens with zero attached hydrogens (tertiary/aromatic N) is 2. The Balaban J connectivity index is 1.48. The van der Waals surface area contributed by atoms with Crippen LogP contribution in [0.2, 0.25) is 0 Å². The molecule has 7 nitrogen and oxygen atoms in total. The van der Waals surface area contributed by atoms with Gasteiger partial charge in [0.1, 0.15) is 5.75 Å². The summed E-state index contributed by atoms with van der Waals surface area (Å²) in [5.74, 6) is 0.300. The lowest BCUT2D eigenvalue weighted by Crippen LogP contribution is -2.28. The molecule has 0 aliphatic carbocycles. The zero-order chi connectivity index (χ0) is 22.8. The van der Waals surface area contributed by atoms with Crippen LogP contribution in [0.3, 0.4) is 0 Å². The van der Waals surface area contributed by atoms with Crippen LogP contribution in [0.25, 0.3) is 0 Å². The Kier molecular flexibility index (Phi) is 6.17. The summed E-state index contributed by atoms with van der Waals surface area (Å²) in [5, 5.41) is 2.92. The summed E-state index contributed by atoms with van der Waals surface area (Å²) in [7, 11) is 1.56. The van der Waals surface area contributed by atoms with E-state index in [1.165, 1.54) is 0 Å². The van der Waals surface area contributed by atoms with Crippen molar-refractivity contribution in [3.05, 3.63) is 48.0 Å². The smallest absolute Gasteiger partial charge is 0.229 e. The molecule has 4 rings (SSSR count). The highest BCUT2D eigenvalue weighted by Crippen LogP contribution is 2.35. The fourth-order valence-corrected chi connectivity index (χ4v) is 4.31. The second-order valence-corrected chi connectivity index (χ2v) is 8.68. The molecule has 0 radical (unpaired) electrons. The van der Waals surface area contributed by atoms with Gasteiger partial charge in [0.15, 0.2) is 0 Å². The van der Waals surface area contributed by atoms with Crippen molar-refractivity contribution in [3.63, 3.8) is 0 Å². The minimum Gasteiger partial charge on any atom is -0.495 e. The normalized spacial score (nSPS) is 18.6. The Morgan fingerprint density at radius 2 is 1.91 bits per heavy atom. The van der Waals surface area contributed by atoms with Gasteiger partial charge < -0.3 is 19.9 Å². The van der Waals surface area contributed by atoms with Crippen molar-refractivity contribution in [3.8, 4) is 5.75 Å². The Labute approximate surface area is 188 Å². The highest BCUT2D eigenvalue weighted by Gasteiger charge is 2.35. The van der Waals surface area contributed by atoms with Gasteiger partial charge in [0.25, 0.3) is 0 Å². The number of carbonyl (C=O) groups is 3. The first kappa shape index (κ1) is 21.9. The molecule has 2 fully saturated rings. The zero-order valence-corrected chi connectivity index (χ0v) is 18.8. The Hall–Kier alpha value is -3.35. The molecule has 1 unspecified atom stereocenters. The third kappa shape index (κ3) is 4.33. The third-order valence-electron chi connectivity index (χ3n) is 6.15. The van der Waals surface area contributed by atoms with Crippen LogP contribution in [-0.2, 0) is 14.4 Å². The first-order valence-electron chi connectivity index (χ1n) is 11.1. The van der Waals surface area contributed by atoms with Crippen molar-refractivity contribution in [1.82, 2.24) is 0 Å². The van der Waals surface area contributed by atoms with Gasteiger partial charge in [0.05, 0.1) is 18.7 Å². The summed E-state index contributed by atoms with van der Waals surface area (Å²) >= 11 is 0. The van der Waals surface area contributed by atoms with Crippen molar-refractivity contribution < 1.29 is 19.1 Å². The van der Waals surface area contributed by atoms with Crippen LogP contribution in [0, 0.1) is 5.92 Å². The van der Waals surface area contributed by atoms with Crippen molar-refractivity contribution in [2.24, 2.45) is 5.92 Å². The Morgan fingerprint density at radius 1 is 1.09 bits per heavy atom. The fourth-order valence-electron chi connectivity index (χ4n) is 4.31. The van der Waals surface area contributed by atoms with Crippen molar-refractivity contribution in [2.75, 3.05) is 35.3 Å². The first-order chi connectivity index (χ1) is 15.4. The highest BCUT2D eigenvalue weighted by atomic mass is 16.5. The second-order valence-electron chi connectivity index (χ2n) is 8.68. The first-order valence-corrected chi connectivity index (χ1v) is 11.1.